The largest absolute Gasteiger partial charge is 0.455 e. The van der Waals surface area contributed by atoms with Gasteiger partial charge in [0.05, 0.1) is 12.2 Å². The fourth-order valence-electron chi connectivity index (χ4n) is 7.63. The third kappa shape index (κ3) is 3.88. The van der Waals surface area contributed by atoms with E-state index < -0.39 is 40.0 Å². The molecule has 36 heavy (non-hydrogen) atoms. The summed E-state index contributed by atoms with van der Waals surface area (Å²) >= 11 is 0. The first-order valence-electron chi connectivity index (χ1n) is 13.4. The third-order valence-electron chi connectivity index (χ3n) is 9.61. The maximum absolute atomic E-state index is 13.0. The summed E-state index contributed by atoms with van der Waals surface area (Å²) in [6.45, 7) is 9.53. The molecule has 4 rings (SSSR count). The lowest BCUT2D eigenvalue weighted by molar-refractivity contribution is -0.185. The summed E-state index contributed by atoms with van der Waals surface area (Å²) in [5.41, 5.74) is -3.41. The molecular weight excluding hydrogens is 456 g/mol. The average molecular weight is 499 g/mol. The zero-order chi connectivity index (χ0) is 26.5. The number of allylic oxidation sites excluding steroid dienone is 3. The lowest BCUT2D eigenvalue weighted by Gasteiger charge is -2.50. The van der Waals surface area contributed by atoms with Crippen LogP contribution in [0.25, 0.3) is 0 Å². The minimum absolute atomic E-state index is 0.0143. The van der Waals surface area contributed by atoms with Crippen molar-refractivity contribution in [1.82, 2.24) is 0 Å². The minimum Gasteiger partial charge on any atom is -0.455 e. The lowest BCUT2D eigenvalue weighted by Crippen LogP contribution is -2.61. The van der Waals surface area contributed by atoms with Gasteiger partial charge in [0.15, 0.2) is 5.78 Å². The maximum atomic E-state index is 13.0. The molecule has 6 nitrogen and oxygen atoms in total. The van der Waals surface area contributed by atoms with Crippen LogP contribution in [-0.2, 0) is 14.3 Å². The van der Waals surface area contributed by atoms with Crippen molar-refractivity contribution in [3.8, 4) is 0 Å². The molecule has 2 fully saturated rings. The third-order valence-corrected chi connectivity index (χ3v) is 9.61. The van der Waals surface area contributed by atoms with Crippen molar-refractivity contribution in [2.75, 3.05) is 6.61 Å². The zero-order valence-corrected chi connectivity index (χ0v) is 22.3. The molecule has 0 aromatic carbocycles. The summed E-state index contributed by atoms with van der Waals surface area (Å²) in [4.78, 5) is 25.9. The van der Waals surface area contributed by atoms with E-state index in [2.05, 4.69) is 13.0 Å². The Hall–Kier alpha value is -2.02. The second-order valence-corrected chi connectivity index (χ2v) is 12.1. The lowest BCUT2D eigenvalue weighted by atomic mass is 9.60. The molecule has 0 heterocycles. The number of fused-ring (bicyclic) bond motifs is 5. The van der Waals surface area contributed by atoms with Crippen molar-refractivity contribution in [1.29, 1.82) is 0 Å². The van der Waals surface area contributed by atoms with E-state index in [0.717, 1.165) is 12.8 Å². The van der Waals surface area contributed by atoms with Crippen LogP contribution in [0.3, 0.4) is 0 Å². The van der Waals surface area contributed by atoms with Gasteiger partial charge >= 0.3 is 5.97 Å². The summed E-state index contributed by atoms with van der Waals surface area (Å²) in [5, 5.41) is 34.0. The normalized spacial score (nSPS) is 40.8. The number of carbonyl (C=O) groups excluding carboxylic acids is 2. The van der Waals surface area contributed by atoms with Crippen molar-refractivity contribution >= 4 is 11.8 Å². The van der Waals surface area contributed by atoms with Crippen LogP contribution < -0.4 is 0 Å². The molecule has 3 N–H and O–H groups in total. The van der Waals surface area contributed by atoms with E-state index in [4.69, 9.17) is 4.74 Å². The Balaban J connectivity index is 1.62. The van der Waals surface area contributed by atoms with E-state index >= 15 is 0 Å². The van der Waals surface area contributed by atoms with Gasteiger partial charge in [0.1, 0.15) is 11.2 Å². The van der Waals surface area contributed by atoms with Crippen molar-refractivity contribution in [3.05, 3.63) is 47.6 Å². The molecule has 2 saturated carbocycles. The number of Topliss-reactive ketones (excluding diaryl/α,β-unsaturated/α-hetero) is 1. The van der Waals surface area contributed by atoms with Crippen LogP contribution >= 0.6 is 0 Å². The van der Waals surface area contributed by atoms with E-state index in [1.54, 1.807) is 19.1 Å². The van der Waals surface area contributed by atoms with Crippen molar-refractivity contribution < 1.29 is 29.6 Å². The summed E-state index contributed by atoms with van der Waals surface area (Å²) in [6, 6.07) is 0. The van der Waals surface area contributed by atoms with Crippen LogP contribution in [0.15, 0.2) is 47.6 Å². The Morgan fingerprint density at radius 3 is 2.58 bits per heavy atom. The standard InChI is InChI=1S/C30H42O6/c1-6-7-8-9-10-11-12-13-24(32)36-29-16-20(3)30(35)22(25(29)27(29,4)5)15-21(18-31)17-28(34)23(30)14-19(2)26(28)33/h10-15,20,22-23,25,31,34-35H,6-9,16-18H2,1-5H3/b11-10+,13-12+. The zero-order valence-electron chi connectivity index (χ0n) is 22.3. The monoisotopic (exact) mass is 498 g/mol. The Morgan fingerprint density at radius 1 is 1.19 bits per heavy atom. The highest BCUT2D eigenvalue weighted by molar-refractivity contribution is 6.04. The average Bonchev–Trinajstić information content (AvgIpc) is 3.22. The molecule has 198 valence electrons. The predicted octanol–water partition coefficient (Wildman–Crippen LogP) is 4.20. The van der Waals surface area contributed by atoms with Gasteiger partial charge in [0.2, 0.25) is 0 Å². The molecule has 7 unspecified atom stereocenters. The number of rotatable bonds is 8. The SMILES string of the molecule is CCCCC/C=C/C=C/C(=O)OC12CC(C)C3(O)C(C=C(CO)CC4(O)C(=O)C(C)=CC43)C1C2(C)C. The first-order valence-corrected chi connectivity index (χ1v) is 13.4. The number of esters is 1. The van der Waals surface area contributed by atoms with E-state index in [0.29, 0.717) is 17.6 Å². The van der Waals surface area contributed by atoms with Gasteiger partial charge in [-0.3, -0.25) is 4.79 Å². The fraction of sp³-hybridized carbons (Fsp3) is 0.667. The van der Waals surface area contributed by atoms with Gasteiger partial charge in [0.25, 0.3) is 0 Å². The summed E-state index contributed by atoms with van der Waals surface area (Å²) in [6.07, 6.45) is 15.5. The molecule has 0 aromatic heterocycles. The number of carbonyl (C=O) groups is 2. The van der Waals surface area contributed by atoms with Gasteiger partial charge in [0, 0.05) is 35.7 Å². The Morgan fingerprint density at radius 2 is 1.92 bits per heavy atom. The second kappa shape index (κ2) is 9.38. The van der Waals surface area contributed by atoms with Crippen LogP contribution in [0, 0.1) is 29.1 Å². The Bertz CT molecular complexity index is 1030. The van der Waals surface area contributed by atoms with Gasteiger partial charge < -0.3 is 20.1 Å². The summed E-state index contributed by atoms with van der Waals surface area (Å²) in [7, 11) is 0. The van der Waals surface area contributed by atoms with Crippen LogP contribution in [-0.4, -0.2) is 50.5 Å². The molecule has 0 saturated heterocycles. The first kappa shape index (κ1) is 27.0. The molecule has 4 aliphatic carbocycles. The molecule has 4 aliphatic rings. The second-order valence-electron chi connectivity index (χ2n) is 12.1. The van der Waals surface area contributed by atoms with Crippen LogP contribution in [0.1, 0.15) is 73.1 Å². The van der Waals surface area contributed by atoms with Crippen LogP contribution in [0.5, 0.6) is 0 Å². The van der Waals surface area contributed by atoms with Gasteiger partial charge in [-0.25, -0.2) is 4.79 Å². The van der Waals surface area contributed by atoms with Crippen molar-refractivity contribution in [3.63, 3.8) is 0 Å². The number of aliphatic hydroxyl groups excluding tert-OH is 1. The van der Waals surface area contributed by atoms with Gasteiger partial charge in [-0.15, -0.1) is 0 Å². The maximum Gasteiger partial charge on any atom is 0.331 e. The molecule has 7 atom stereocenters. The molecule has 0 aromatic rings. The molecule has 0 spiro atoms. The highest BCUT2D eigenvalue weighted by Gasteiger charge is 2.83. The summed E-state index contributed by atoms with van der Waals surface area (Å²) < 4.78 is 6.16. The predicted molar refractivity (Wildman–Crippen MR) is 138 cm³/mol. The fourth-order valence-corrected chi connectivity index (χ4v) is 7.63. The number of ether oxygens (including phenoxy) is 1. The quantitative estimate of drug-likeness (QED) is 0.152. The highest BCUT2D eigenvalue weighted by Crippen LogP contribution is 2.76. The minimum atomic E-state index is -1.78. The number of unbranched alkanes of at least 4 members (excludes halogenated alkanes) is 3. The van der Waals surface area contributed by atoms with Gasteiger partial charge in [-0.1, -0.05) is 70.9 Å². The summed E-state index contributed by atoms with van der Waals surface area (Å²) in [5.74, 6) is -2.65. The number of aliphatic hydroxyl groups is 3. The van der Waals surface area contributed by atoms with Gasteiger partial charge in [-0.2, -0.15) is 0 Å². The van der Waals surface area contributed by atoms with E-state index in [-0.39, 0.29) is 30.6 Å². The molecule has 0 radical (unpaired) electrons. The molecule has 0 bridgehead atoms. The van der Waals surface area contributed by atoms with Crippen molar-refractivity contribution in [2.45, 2.75) is 89.9 Å². The van der Waals surface area contributed by atoms with E-state index in [1.807, 2.05) is 32.9 Å². The highest BCUT2D eigenvalue weighted by atomic mass is 16.6. The number of ketones is 1. The topological polar surface area (TPSA) is 104 Å². The van der Waals surface area contributed by atoms with E-state index in [9.17, 15) is 24.9 Å². The number of hydrogen-bond donors (Lipinski definition) is 3. The smallest absolute Gasteiger partial charge is 0.331 e. The van der Waals surface area contributed by atoms with Crippen LogP contribution in [0.2, 0.25) is 0 Å². The number of hydrogen-bond acceptors (Lipinski definition) is 6. The molecular formula is C30H42O6. The molecule has 0 amide bonds. The van der Waals surface area contributed by atoms with Crippen LogP contribution in [0.4, 0.5) is 0 Å². The first-order chi connectivity index (χ1) is 16.9. The van der Waals surface area contributed by atoms with Crippen molar-refractivity contribution in [2.24, 2.45) is 29.1 Å². The Labute approximate surface area is 214 Å². The molecule has 6 heteroatoms. The van der Waals surface area contributed by atoms with E-state index in [1.165, 1.54) is 18.9 Å². The van der Waals surface area contributed by atoms with Gasteiger partial charge in [-0.05, 0) is 43.3 Å². The Kier molecular flexibility index (Phi) is 7.04. The molecule has 0 aliphatic heterocycles.